The fraction of sp³-hybridized carbons (Fsp3) is 0.143. The lowest BCUT2D eigenvalue weighted by Gasteiger charge is -1.94. The van der Waals surface area contributed by atoms with E-state index < -0.39 is 0 Å². The SMILES string of the molecule is NCc1cn2c(N)nccc2n1. The molecule has 0 spiro atoms. The van der Waals surface area contributed by atoms with Gasteiger partial charge in [-0.1, -0.05) is 0 Å². The van der Waals surface area contributed by atoms with Gasteiger partial charge in [0.1, 0.15) is 5.65 Å². The van der Waals surface area contributed by atoms with Crippen molar-refractivity contribution in [2.45, 2.75) is 6.54 Å². The number of nitrogen functional groups attached to an aromatic ring is 1. The number of rotatable bonds is 1. The second kappa shape index (κ2) is 2.46. The molecule has 4 N–H and O–H groups in total. The third kappa shape index (κ3) is 0.911. The second-order valence-corrected chi connectivity index (χ2v) is 2.47. The van der Waals surface area contributed by atoms with Gasteiger partial charge in [0.15, 0.2) is 0 Å². The zero-order valence-electron chi connectivity index (χ0n) is 6.44. The van der Waals surface area contributed by atoms with Gasteiger partial charge in [0.2, 0.25) is 5.95 Å². The highest BCUT2D eigenvalue weighted by Crippen LogP contribution is 2.06. The van der Waals surface area contributed by atoms with Gasteiger partial charge < -0.3 is 11.5 Å². The summed E-state index contributed by atoms with van der Waals surface area (Å²) in [4.78, 5) is 8.12. The fourth-order valence-electron chi connectivity index (χ4n) is 1.09. The van der Waals surface area contributed by atoms with Crippen molar-refractivity contribution in [1.29, 1.82) is 0 Å². The van der Waals surface area contributed by atoms with Gasteiger partial charge in [0.25, 0.3) is 0 Å². The molecule has 2 aromatic rings. The highest BCUT2D eigenvalue weighted by Gasteiger charge is 2.01. The Morgan fingerprint density at radius 3 is 3.00 bits per heavy atom. The normalized spacial score (nSPS) is 10.8. The van der Waals surface area contributed by atoms with Crippen LogP contribution in [0.2, 0.25) is 0 Å². The molecule has 2 heterocycles. The van der Waals surface area contributed by atoms with E-state index >= 15 is 0 Å². The van der Waals surface area contributed by atoms with Gasteiger partial charge in [-0.15, -0.1) is 0 Å². The van der Waals surface area contributed by atoms with Crippen molar-refractivity contribution in [2.24, 2.45) is 5.73 Å². The number of nitrogens with two attached hydrogens (primary N) is 2. The lowest BCUT2D eigenvalue weighted by Crippen LogP contribution is -1.98. The summed E-state index contributed by atoms with van der Waals surface area (Å²) in [5, 5.41) is 0. The summed E-state index contributed by atoms with van der Waals surface area (Å²) in [6, 6.07) is 1.79. The van der Waals surface area contributed by atoms with Crippen LogP contribution in [0.3, 0.4) is 0 Å². The molecule has 0 fully saturated rings. The van der Waals surface area contributed by atoms with Crippen LogP contribution in [0.5, 0.6) is 0 Å². The maximum absolute atomic E-state index is 5.60. The lowest BCUT2D eigenvalue weighted by molar-refractivity contribution is 1.01. The van der Waals surface area contributed by atoms with Crippen LogP contribution in [0, 0.1) is 0 Å². The highest BCUT2D eigenvalue weighted by molar-refractivity contribution is 5.44. The Morgan fingerprint density at radius 1 is 1.50 bits per heavy atom. The Hall–Kier alpha value is -1.62. The van der Waals surface area contributed by atoms with Crippen molar-refractivity contribution in [3.05, 3.63) is 24.2 Å². The number of hydrogen-bond acceptors (Lipinski definition) is 4. The summed E-state index contributed by atoms with van der Waals surface area (Å²) in [7, 11) is 0. The molecular weight excluding hydrogens is 154 g/mol. The van der Waals surface area contributed by atoms with Gasteiger partial charge in [-0.2, -0.15) is 0 Å². The zero-order valence-corrected chi connectivity index (χ0v) is 6.44. The lowest BCUT2D eigenvalue weighted by atomic mass is 10.5. The van der Waals surface area contributed by atoms with Crippen LogP contribution < -0.4 is 11.5 Å². The van der Waals surface area contributed by atoms with Crippen molar-refractivity contribution < 1.29 is 0 Å². The Bertz CT molecular complexity index is 405. The summed E-state index contributed by atoms with van der Waals surface area (Å²) >= 11 is 0. The summed E-state index contributed by atoms with van der Waals surface area (Å²) in [5.74, 6) is 0.430. The first-order chi connectivity index (χ1) is 5.81. The number of hydrogen-bond donors (Lipinski definition) is 2. The van der Waals surface area contributed by atoms with Gasteiger partial charge in [-0.05, 0) is 6.07 Å². The molecular formula is C7H9N5. The molecule has 62 valence electrons. The van der Waals surface area contributed by atoms with Gasteiger partial charge in [-0.25, -0.2) is 9.97 Å². The van der Waals surface area contributed by atoms with Crippen LogP contribution in [0.1, 0.15) is 5.69 Å². The predicted octanol–water partition coefficient (Wildman–Crippen LogP) is -0.230. The van der Waals surface area contributed by atoms with Crippen molar-refractivity contribution >= 4 is 11.6 Å². The quantitative estimate of drug-likeness (QED) is 0.608. The van der Waals surface area contributed by atoms with E-state index in [1.807, 2.05) is 0 Å². The van der Waals surface area contributed by atoms with Crippen LogP contribution in [0.15, 0.2) is 18.5 Å². The van der Waals surface area contributed by atoms with E-state index in [0.29, 0.717) is 12.5 Å². The molecule has 0 aromatic carbocycles. The first-order valence-corrected chi connectivity index (χ1v) is 3.60. The molecule has 0 atom stereocenters. The topological polar surface area (TPSA) is 82.2 Å². The van der Waals surface area contributed by atoms with Crippen LogP contribution in [-0.4, -0.2) is 14.4 Å². The van der Waals surface area contributed by atoms with Crippen molar-refractivity contribution in [1.82, 2.24) is 14.4 Å². The Morgan fingerprint density at radius 2 is 2.33 bits per heavy atom. The smallest absolute Gasteiger partial charge is 0.205 e. The minimum atomic E-state index is 0.418. The molecule has 0 unspecified atom stereocenters. The van der Waals surface area contributed by atoms with E-state index in [1.54, 1.807) is 22.9 Å². The Balaban J connectivity index is 2.74. The Labute approximate surface area is 69.0 Å². The minimum Gasteiger partial charge on any atom is -0.369 e. The molecule has 2 aromatic heterocycles. The number of fused-ring (bicyclic) bond motifs is 1. The average Bonchev–Trinajstić information content (AvgIpc) is 2.49. The molecule has 0 aliphatic carbocycles. The van der Waals surface area contributed by atoms with Gasteiger partial charge in [0, 0.05) is 18.9 Å². The van der Waals surface area contributed by atoms with Crippen molar-refractivity contribution in [3.8, 4) is 0 Å². The molecule has 2 rings (SSSR count). The van der Waals surface area contributed by atoms with E-state index in [1.165, 1.54) is 0 Å². The summed E-state index contributed by atoms with van der Waals surface area (Å²) in [5.41, 5.74) is 12.6. The van der Waals surface area contributed by atoms with Gasteiger partial charge in [-0.3, -0.25) is 4.40 Å². The van der Waals surface area contributed by atoms with Gasteiger partial charge >= 0.3 is 0 Å². The highest BCUT2D eigenvalue weighted by atomic mass is 15.1. The van der Waals surface area contributed by atoms with Crippen LogP contribution >= 0.6 is 0 Å². The van der Waals surface area contributed by atoms with E-state index in [4.69, 9.17) is 11.5 Å². The monoisotopic (exact) mass is 163 g/mol. The molecule has 0 aliphatic heterocycles. The molecule has 0 amide bonds. The van der Waals surface area contributed by atoms with Crippen molar-refractivity contribution in [2.75, 3.05) is 5.73 Å². The summed E-state index contributed by atoms with van der Waals surface area (Å²) in [6.07, 6.45) is 3.41. The molecule has 0 radical (unpaired) electrons. The first-order valence-electron chi connectivity index (χ1n) is 3.60. The predicted molar refractivity (Wildman–Crippen MR) is 45.3 cm³/mol. The average molecular weight is 163 g/mol. The molecule has 5 heteroatoms. The molecule has 12 heavy (non-hydrogen) atoms. The fourth-order valence-corrected chi connectivity index (χ4v) is 1.09. The van der Waals surface area contributed by atoms with Crippen LogP contribution in [0.4, 0.5) is 5.95 Å². The van der Waals surface area contributed by atoms with Crippen LogP contribution in [-0.2, 0) is 6.54 Å². The zero-order chi connectivity index (χ0) is 8.55. The number of nitrogens with zero attached hydrogens (tertiary/aromatic N) is 3. The number of imidazole rings is 1. The molecule has 0 saturated heterocycles. The molecule has 0 aliphatic rings. The van der Waals surface area contributed by atoms with E-state index in [-0.39, 0.29) is 0 Å². The van der Waals surface area contributed by atoms with E-state index in [0.717, 1.165) is 11.3 Å². The molecule has 0 bridgehead atoms. The molecule has 5 nitrogen and oxygen atoms in total. The second-order valence-electron chi connectivity index (χ2n) is 2.47. The van der Waals surface area contributed by atoms with Crippen molar-refractivity contribution in [3.63, 3.8) is 0 Å². The maximum Gasteiger partial charge on any atom is 0.205 e. The standard InChI is InChI=1S/C7H9N5/c8-3-5-4-12-6(11-5)1-2-10-7(12)9/h1-2,4H,3,8H2,(H2,9,10). The third-order valence-electron chi connectivity index (χ3n) is 1.67. The number of anilines is 1. The van der Waals surface area contributed by atoms with E-state index in [2.05, 4.69) is 9.97 Å². The largest absolute Gasteiger partial charge is 0.369 e. The Kier molecular flexibility index (Phi) is 1.44. The third-order valence-corrected chi connectivity index (χ3v) is 1.67. The first kappa shape index (κ1) is 7.05. The number of aromatic nitrogens is 3. The maximum atomic E-state index is 5.60. The van der Waals surface area contributed by atoms with Gasteiger partial charge in [0.05, 0.1) is 5.69 Å². The minimum absolute atomic E-state index is 0.418. The van der Waals surface area contributed by atoms with E-state index in [9.17, 15) is 0 Å². The molecule has 0 saturated carbocycles. The summed E-state index contributed by atoms with van der Waals surface area (Å²) in [6.45, 7) is 0.418. The van der Waals surface area contributed by atoms with Crippen LogP contribution in [0.25, 0.3) is 5.65 Å². The summed E-state index contributed by atoms with van der Waals surface area (Å²) < 4.78 is 1.71.